The minimum Gasteiger partial charge on any atom is -0.497 e. The van der Waals surface area contributed by atoms with Gasteiger partial charge in [0.1, 0.15) is 11.5 Å². The second kappa shape index (κ2) is 11.6. The van der Waals surface area contributed by atoms with Crippen LogP contribution in [0.5, 0.6) is 11.5 Å². The molecule has 2 N–H and O–H groups in total. The first-order valence-corrected chi connectivity index (χ1v) is 12.5. The Hall–Kier alpha value is -3.36. The zero-order valence-electron chi connectivity index (χ0n) is 20.2. The van der Waals surface area contributed by atoms with Crippen LogP contribution in [0.15, 0.2) is 82.3 Å². The highest BCUT2D eigenvalue weighted by Crippen LogP contribution is 2.44. The average molecular weight is 553 g/mol. The topological polar surface area (TPSA) is 89.4 Å². The number of aliphatic hydroxyl groups is 1. The lowest BCUT2D eigenvalue weighted by atomic mass is 9.82. The van der Waals surface area contributed by atoms with Gasteiger partial charge in [-0.05, 0) is 53.6 Å². The second-order valence-electron chi connectivity index (χ2n) is 8.41. The van der Waals surface area contributed by atoms with E-state index in [1.807, 2.05) is 72.8 Å². The number of rotatable bonds is 10. The monoisotopic (exact) mass is 552 g/mol. The molecule has 0 radical (unpaired) electrons. The van der Waals surface area contributed by atoms with E-state index in [0.717, 1.165) is 21.2 Å². The van der Waals surface area contributed by atoms with Crippen molar-refractivity contribution in [3.05, 3.63) is 94.0 Å². The number of hydrogen-bond acceptors (Lipinski definition) is 6. The first-order valence-electron chi connectivity index (χ1n) is 11.7. The highest BCUT2D eigenvalue weighted by molar-refractivity contribution is 9.10. The Balaban J connectivity index is 1.78. The third-order valence-corrected chi connectivity index (χ3v) is 6.84. The number of aliphatic imine (C=N–C) groups is 1. The highest BCUT2D eigenvalue weighted by Gasteiger charge is 2.53. The number of aliphatic hydroxyl groups excluding tert-OH is 1. The number of halogens is 1. The summed E-state index contributed by atoms with van der Waals surface area (Å²) in [6, 6.07) is 22.7. The maximum absolute atomic E-state index is 13.6. The fourth-order valence-corrected chi connectivity index (χ4v) is 4.66. The van der Waals surface area contributed by atoms with Crippen LogP contribution < -0.4 is 14.8 Å². The van der Waals surface area contributed by atoms with E-state index in [1.165, 1.54) is 0 Å². The van der Waals surface area contributed by atoms with E-state index in [-0.39, 0.29) is 12.5 Å². The number of nitrogens with zero attached hydrogens (tertiary/aromatic N) is 1. The molecule has 3 aromatic rings. The van der Waals surface area contributed by atoms with Crippen molar-refractivity contribution in [2.45, 2.75) is 24.5 Å². The van der Waals surface area contributed by atoms with Gasteiger partial charge in [-0.15, -0.1) is 0 Å². The minimum absolute atomic E-state index is 0.0769. The quantitative estimate of drug-likeness (QED) is 0.362. The summed E-state index contributed by atoms with van der Waals surface area (Å²) in [7, 11) is 3.21. The predicted octanol–water partition coefficient (Wildman–Crippen LogP) is 4.46. The first kappa shape index (κ1) is 25.7. The Bertz CT molecular complexity index is 1230. The van der Waals surface area contributed by atoms with Crippen molar-refractivity contribution in [3.8, 4) is 11.5 Å². The molecule has 188 valence electrons. The molecule has 0 aliphatic carbocycles. The smallest absolute Gasteiger partial charge is 0.252 e. The van der Waals surface area contributed by atoms with Gasteiger partial charge in [0, 0.05) is 36.5 Å². The summed E-state index contributed by atoms with van der Waals surface area (Å²) in [5.41, 5.74) is 1.20. The van der Waals surface area contributed by atoms with Gasteiger partial charge in [0.25, 0.3) is 5.91 Å². The molecule has 0 unspecified atom stereocenters. The molecule has 8 heteroatoms. The van der Waals surface area contributed by atoms with Gasteiger partial charge < -0.3 is 24.6 Å². The third-order valence-electron chi connectivity index (χ3n) is 6.07. The molecule has 0 aromatic heterocycles. The highest BCUT2D eigenvalue weighted by atomic mass is 79.9. The Morgan fingerprint density at radius 3 is 2.58 bits per heavy atom. The van der Waals surface area contributed by atoms with E-state index >= 15 is 0 Å². The van der Waals surface area contributed by atoms with Gasteiger partial charge in [-0.2, -0.15) is 0 Å². The van der Waals surface area contributed by atoms with Gasteiger partial charge in [0.2, 0.25) is 5.90 Å². The van der Waals surface area contributed by atoms with Gasteiger partial charge in [-0.25, -0.2) is 4.99 Å². The maximum Gasteiger partial charge on any atom is 0.252 e. The molecule has 3 aromatic carbocycles. The van der Waals surface area contributed by atoms with E-state index in [4.69, 9.17) is 24.3 Å². The number of ether oxygens (including phenoxy) is 3. The van der Waals surface area contributed by atoms with E-state index in [0.29, 0.717) is 36.8 Å². The molecule has 0 bridgehead atoms. The van der Waals surface area contributed by atoms with Crippen LogP contribution in [0.1, 0.15) is 29.2 Å². The number of nitrogens with one attached hydrogen (secondary N) is 1. The largest absolute Gasteiger partial charge is 0.497 e. The first-order chi connectivity index (χ1) is 17.5. The van der Waals surface area contributed by atoms with Crippen LogP contribution in [0.3, 0.4) is 0 Å². The Kier molecular flexibility index (Phi) is 8.28. The van der Waals surface area contributed by atoms with E-state index in [9.17, 15) is 4.79 Å². The molecule has 0 saturated carbocycles. The molecule has 1 heterocycles. The Morgan fingerprint density at radius 1 is 1.11 bits per heavy atom. The molecular formula is C28H29BrN2O5. The predicted molar refractivity (Wildman–Crippen MR) is 142 cm³/mol. The molecule has 36 heavy (non-hydrogen) atoms. The van der Waals surface area contributed by atoms with Crippen LogP contribution in [-0.2, 0) is 16.0 Å². The van der Waals surface area contributed by atoms with Crippen molar-refractivity contribution in [1.82, 2.24) is 5.32 Å². The molecule has 4 rings (SSSR count). The summed E-state index contributed by atoms with van der Waals surface area (Å²) in [6.45, 7) is 0.504. The van der Waals surface area contributed by atoms with Gasteiger partial charge in [-0.3, -0.25) is 4.79 Å². The number of likely N-dealkylation sites (N-methyl/N-ethyl adjacent to an activating group) is 1. The Morgan fingerprint density at radius 2 is 1.89 bits per heavy atom. The number of hydrogen-bond donors (Lipinski definition) is 2. The van der Waals surface area contributed by atoms with Gasteiger partial charge in [0.15, 0.2) is 11.6 Å². The number of amides is 1. The molecule has 1 amide bonds. The molecule has 0 spiro atoms. The molecule has 0 saturated heterocycles. The summed E-state index contributed by atoms with van der Waals surface area (Å²) in [4.78, 5) is 18.5. The van der Waals surface area contributed by atoms with E-state index < -0.39 is 11.6 Å². The standard InChI is InChI=1S/C28H29BrN2O5/c1-30-27(33)28(18-21-7-3-4-10-24(21)29)25(20-8-5-9-23(17-20)34-2)36-26(31-28)19-11-13-22(14-12-19)35-16-6-15-32/h3-5,7-14,17,25,32H,6,15-16,18H2,1-2H3,(H,30,33)/t25-,28-/m1/s1. The van der Waals surface area contributed by atoms with Gasteiger partial charge in [0.05, 0.1) is 13.7 Å². The molecule has 7 nitrogen and oxygen atoms in total. The van der Waals surface area contributed by atoms with Gasteiger partial charge in [-0.1, -0.05) is 46.3 Å². The van der Waals surface area contributed by atoms with Crippen LogP contribution in [0.2, 0.25) is 0 Å². The lowest BCUT2D eigenvalue weighted by Gasteiger charge is -2.30. The summed E-state index contributed by atoms with van der Waals surface area (Å²) in [5, 5.41) is 11.8. The molecule has 0 fully saturated rings. The van der Waals surface area contributed by atoms with Crippen LogP contribution in [0, 0.1) is 0 Å². The normalized spacial score (nSPS) is 18.8. The van der Waals surface area contributed by atoms with Crippen LogP contribution >= 0.6 is 15.9 Å². The molecule has 2 atom stereocenters. The second-order valence-corrected chi connectivity index (χ2v) is 9.27. The van der Waals surface area contributed by atoms with Crippen molar-refractivity contribution in [1.29, 1.82) is 0 Å². The number of methoxy groups -OCH3 is 1. The maximum atomic E-state index is 13.6. The van der Waals surface area contributed by atoms with Crippen LogP contribution in [-0.4, -0.2) is 49.8 Å². The summed E-state index contributed by atoms with van der Waals surface area (Å²) in [6.07, 6.45) is 0.195. The minimum atomic E-state index is -1.25. The van der Waals surface area contributed by atoms with Crippen LogP contribution in [0.25, 0.3) is 0 Å². The third kappa shape index (κ3) is 5.39. The summed E-state index contributed by atoms with van der Waals surface area (Å²) >= 11 is 3.62. The van der Waals surface area contributed by atoms with Gasteiger partial charge >= 0.3 is 0 Å². The van der Waals surface area contributed by atoms with Crippen molar-refractivity contribution in [2.75, 3.05) is 27.4 Å². The lowest BCUT2D eigenvalue weighted by Crippen LogP contribution is -2.48. The number of benzene rings is 3. The zero-order chi connectivity index (χ0) is 25.5. The Labute approximate surface area is 219 Å². The van der Waals surface area contributed by atoms with Crippen molar-refractivity contribution in [3.63, 3.8) is 0 Å². The lowest BCUT2D eigenvalue weighted by molar-refractivity contribution is -0.128. The summed E-state index contributed by atoms with van der Waals surface area (Å²) in [5.74, 6) is 1.48. The fourth-order valence-electron chi connectivity index (χ4n) is 4.24. The van der Waals surface area contributed by atoms with Crippen molar-refractivity contribution in [2.24, 2.45) is 4.99 Å². The average Bonchev–Trinajstić information content (AvgIpc) is 3.30. The molecule has 1 aliphatic heterocycles. The van der Waals surface area contributed by atoms with E-state index in [1.54, 1.807) is 14.2 Å². The summed E-state index contributed by atoms with van der Waals surface area (Å²) < 4.78 is 18.4. The van der Waals surface area contributed by atoms with Crippen LogP contribution in [0.4, 0.5) is 0 Å². The molecular weight excluding hydrogens is 524 g/mol. The number of carbonyl (C=O) groups is 1. The van der Waals surface area contributed by atoms with Crippen molar-refractivity contribution >= 4 is 27.7 Å². The fraction of sp³-hybridized carbons (Fsp3) is 0.286. The van der Waals surface area contributed by atoms with Crippen molar-refractivity contribution < 1.29 is 24.1 Å². The number of carbonyl (C=O) groups excluding carboxylic acids is 1. The zero-order valence-corrected chi connectivity index (χ0v) is 21.8. The molecule has 1 aliphatic rings. The van der Waals surface area contributed by atoms with E-state index in [2.05, 4.69) is 21.2 Å². The SMILES string of the molecule is CNC(=O)[C@]1(Cc2ccccc2Br)N=C(c2ccc(OCCCO)cc2)O[C@@H]1c1cccc(OC)c1.